The van der Waals surface area contributed by atoms with Gasteiger partial charge in [-0.2, -0.15) is 0 Å². The van der Waals surface area contributed by atoms with Crippen LogP contribution in [0.5, 0.6) is 0 Å². The first-order chi connectivity index (χ1) is 11.7. The molecule has 0 spiro atoms. The Morgan fingerprint density at radius 3 is 3.04 bits per heavy atom. The molecule has 1 aliphatic rings. The number of hydrogen-bond donors (Lipinski definition) is 1. The standard InChI is InChI=1S/C17H14ClN5S/c1-22-7-6-11-13(8-22)24-17-14(11)16-20-15(21-23(16)9-19-17)10-4-2-3-5-12(10)18/h2-5,9H,6-8H2,1H3/p+1. The van der Waals surface area contributed by atoms with Gasteiger partial charge in [0.25, 0.3) is 0 Å². The SMILES string of the molecule is C[NH+]1CCc2c(sc3ncn4nc(-c5ccccc5Cl)nc4c23)C1. The maximum Gasteiger partial charge on any atom is 0.183 e. The van der Waals surface area contributed by atoms with E-state index in [2.05, 4.69) is 17.1 Å². The van der Waals surface area contributed by atoms with Crippen LogP contribution >= 0.6 is 22.9 Å². The summed E-state index contributed by atoms with van der Waals surface area (Å²) < 4.78 is 1.78. The monoisotopic (exact) mass is 356 g/mol. The molecule has 0 saturated carbocycles. The second-order valence-corrected chi connectivity index (χ2v) is 7.74. The number of aromatic nitrogens is 4. The van der Waals surface area contributed by atoms with Crippen LogP contribution in [-0.4, -0.2) is 33.2 Å². The second kappa shape index (κ2) is 5.24. The third-order valence-electron chi connectivity index (χ3n) is 4.59. The van der Waals surface area contributed by atoms with E-state index in [1.54, 1.807) is 27.1 Å². The van der Waals surface area contributed by atoms with Crippen molar-refractivity contribution in [2.24, 2.45) is 0 Å². The van der Waals surface area contributed by atoms with Crippen LogP contribution in [0.25, 0.3) is 27.3 Å². The number of hydrogen-bond acceptors (Lipinski definition) is 4. The average Bonchev–Trinajstić information content (AvgIpc) is 3.14. The molecule has 1 N–H and O–H groups in total. The van der Waals surface area contributed by atoms with Crippen molar-refractivity contribution in [3.05, 3.63) is 46.1 Å². The molecule has 0 saturated heterocycles. The minimum absolute atomic E-state index is 0.647. The maximum atomic E-state index is 6.31. The number of nitrogens with one attached hydrogen (secondary N) is 1. The lowest BCUT2D eigenvalue weighted by Gasteiger charge is -2.19. The fourth-order valence-electron chi connectivity index (χ4n) is 3.37. The third-order valence-corrected chi connectivity index (χ3v) is 6.06. The van der Waals surface area contributed by atoms with Gasteiger partial charge in [0.05, 0.1) is 28.9 Å². The highest BCUT2D eigenvalue weighted by atomic mass is 35.5. The summed E-state index contributed by atoms with van der Waals surface area (Å²) in [4.78, 5) is 13.4. The molecule has 120 valence electrons. The first-order valence-electron chi connectivity index (χ1n) is 7.92. The number of rotatable bonds is 1. The van der Waals surface area contributed by atoms with Crippen LogP contribution in [0, 0.1) is 0 Å². The minimum atomic E-state index is 0.647. The summed E-state index contributed by atoms with van der Waals surface area (Å²) in [5.41, 5.74) is 3.13. The summed E-state index contributed by atoms with van der Waals surface area (Å²) in [7, 11) is 2.24. The van der Waals surface area contributed by atoms with Gasteiger partial charge in [-0.05, 0) is 17.7 Å². The van der Waals surface area contributed by atoms with E-state index in [4.69, 9.17) is 16.6 Å². The van der Waals surface area contributed by atoms with Crippen LogP contribution in [0.1, 0.15) is 10.4 Å². The largest absolute Gasteiger partial charge is 0.333 e. The summed E-state index contributed by atoms with van der Waals surface area (Å²) in [5.74, 6) is 0.647. The van der Waals surface area contributed by atoms with Crippen LogP contribution < -0.4 is 4.90 Å². The molecular formula is C17H15ClN5S+. The summed E-state index contributed by atoms with van der Waals surface area (Å²) in [5, 5.41) is 6.42. The van der Waals surface area contributed by atoms with Crippen molar-refractivity contribution in [3.8, 4) is 11.4 Å². The van der Waals surface area contributed by atoms with Crippen molar-refractivity contribution in [1.82, 2.24) is 19.6 Å². The lowest BCUT2D eigenvalue weighted by Crippen LogP contribution is -3.08. The van der Waals surface area contributed by atoms with Crippen molar-refractivity contribution >= 4 is 38.8 Å². The Bertz CT molecular complexity index is 1080. The highest BCUT2D eigenvalue weighted by molar-refractivity contribution is 7.19. The Hall–Kier alpha value is -2.02. The van der Waals surface area contributed by atoms with Gasteiger partial charge >= 0.3 is 0 Å². The van der Waals surface area contributed by atoms with Crippen molar-refractivity contribution in [3.63, 3.8) is 0 Å². The second-order valence-electron chi connectivity index (χ2n) is 6.25. The number of quaternary nitrogens is 1. The van der Waals surface area contributed by atoms with E-state index in [0.717, 1.165) is 40.9 Å². The van der Waals surface area contributed by atoms with Crippen molar-refractivity contribution in [2.75, 3.05) is 13.6 Å². The van der Waals surface area contributed by atoms with Gasteiger partial charge in [0, 0.05) is 12.0 Å². The van der Waals surface area contributed by atoms with E-state index in [-0.39, 0.29) is 0 Å². The topological polar surface area (TPSA) is 47.5 Å². The molecule has 7 heteroatoms. The number of fused-ring (bicyclic) bond motifs is 5. The lowest BCUT2D eigenvalue weighted by molar-refractivity contribution is -0.895. The first-order valence-corrected chi connectivity index (χ1v) is 9.12. The Balaban J connectivity index is 1.78. The van der Waals surface area contributed by atoms with Gasteiger partial charge in [0.2, 0.25) is 0 Å². The minimum Gasteiger partial charge on any atom is -0.333 e. The predicted octanol–water partition coefficient (Wildman–Crippen LogP) is 2.23. The van der Waals surface area contributed by atoms with Crippen LogP contribution in [0.4, 0.5) is 0 Å². The highest BCUT2D eigenvalue weighted by Crippen LogP contribution is 2.34. The summed E-state index contributed by atoms with van der Waals surface area (Å²) in [6, 6.07) is 7.67. The van der Waals surface area contributed by atoms with Gasteiger partial charge in [0.15, 0.2) is 11.5 Å². The van der Waals surface area contributed by atoms with Gasteiger partial charge in [-0.15, -0.1) is 16.4 Å². The normalized spacial score (nSPS) is 17.5. The molecule has 0 amide bonds. The van der Waals surface area contributed by atoms with E-state index >= 15 is 0 Å². The van der Waals surface area contributed by atoms with Gasteiger partial charge in [-0.3, -0.25) is 0 Å². The Labute approximate surface area is 147 Å². The van der Waals surface area contributed by atoms with Crippen molar-refractivity contribution in [2.45, 2.75) is 13.0 Å². The molecule has 0 aliphatic carbocycles. The smallest absolute Gasteiger partial charge is 0.183 e. The fraction of sp³-hybridized carbons (Fsp3) is 0.235. The molecule has 4 heterocycles. The van der Waals surface area contributed by atoms with Gasteiger partial charge in [-0.1, -0.05) is 23.7 Å². The van der Waals surface area contributed by atoms with E-state index in [1.807, 2.05) is 24.3 Å². The fourth-order valence-corrected chi connectivity index (χ4v) is 4.88. The van der Waals surface area contributed by atoms with Crippen molar-refractivity contribution in [1.29, 1.82) is 0 Å². The number of benzene rings is 1. The average molecular weight is 357 g/mol. The van der Waals surface area contributed by atoms with Gasteiger partial charge < -0.3 is 4.90 Å². The molecule has 1 atom stereocenters. The summed E-state index contributed by atoms with van der Waals surface area (Å²) in [6.07, 6.45) is 2.82. The lowest BCUT2D eigenvalue weighted by atomic mass is 10.1. The molecular weight excluding hydrogens is 342 g/mol. The molecule has 0 radical (unpaired) electrons. The molecule has 5 rings (SSSR count). The molecule has 24 heavy (non-hydrogen) atoms. The molecule has 1 aliphatic heterocycles. The Morgan fingerprint density at radius 1 is 1.29 bits per heavy atom. The van der Waals surface area contributed by atoms with Crippen LogP contribution in [0.15, 0.2) is 30.6 Å². The van der Waals surface area contributed by atoms with Crippen LogP contribution in [0.2, 0.25) is 5.02 Å². The Morgan fingerprint density at radius 2 is 2.17 bits per heavy atom. The molecule has 4 aromatic rings. The molecule has 0 bridgehead atoms. The zero-order valence-corrected chi connectivity index (χ0v) is 14.7. The number of likely N-dealkylation sites (N-methyl/N-ethyl adjacent to an activating group) is 1. The summed E-state index contributed by atoms with van der Waals surface area (Å²) in [6.45, 7) is 2.21. The van der Waals surface area contributed by atoms with Gasteiger partial charge in [0.1, 0.15) is 17.7 Å². The molecule has 3 aromatic heterocycles. The zero-order valence-electron chi connectivity index (χ0n) is 13.1. The van der Waals surface area contributed by atoms with Crippen LogP contribution in [0.3, 0.4) is 0 Å². The third kappa shape index (κ3) is 2.07. The van der Waals surface area contributed by atoms with Crippen LogP contribution in [-0.2, 0) is 13.0 Å². The molecule has 1 aromatic carbocycles. The predicted molar refractivity (Wildman–Crippen MR) is 95.8 cm³/mol. The first kappa shape index (κ1) is 14.3. The molecule has 5 nitrogen and oxygen atoms in total. The molecule has 0 fully saturated rings. The maximum absolute atomic E-state index is 6.31. The molecule has 1 unspecified atom stereocenters. The number of nitrogens with zero attached hydrogens (tertiary/aromatic N) is 4. The number of thiophene rings is 1. The zero-order chi connectivity index (χ0) is 16.3. The van der Waals surface area contributed by atoms with E-state index < -0.39 is 0 Å². The van der Waals surface area contributed by atoms with E-state index in [9.17, 15) is 0 Å². The Kier molecular flexibility index (Phi) is 3.13. The van der Waals surface area contributed by atoms with Gasteiger partial charge in [-0.25, -0.2) is 14.5 Å². The van der Waals surface area contributed by atoms with E-state index in [0.29, 0.717) is 10.8 Å². The van der Waals surface area contributed by atoms with E-state index in [1.165, 1.54) is 10.4 Å². The highest BCUT2D eigenvalue weighted by Gasteiger charge is 2.25. The quantitative estimate of drug-likeness (QED) is 0.569. The van der Waals surface area contributed by atoms with Crippen molar-refractivity contribution < 1.29 is 4.90 Å². The number of halogens is 1. The summed E-state index contributed by atoms with van der Waals surface area (Å²) >= 11 is 8.10.